The average molecular weight is 378 g/mol. The number of aromatic hydroxyl groups is 1. The number of nitrogens with two attached hydrogens (primary N) is 1. The van der Waals surface area contributed by atoms with Crippen molar-refractivity contribution in [2.75, 3.05) is 18.4 Å². The monoisotopic (exact) mass is 377 g/mol. The minimum absolute atomic E-state index is 0. The van der Waals surface area contributed by atoms with E-state index in [9.17, 15) is 18.3 Å². The van der Waals surface area contributed by atoms with Gasteiger partial charge in [0.25, 0.3) is 0 Å². The minimum Gasteiger partial charge on any atom is -0.506 e. The highest BCUT2D eigenvalue weighted by atomic mass is 35.5. The Morgan fingerprint density at radius 2 is 1.88 bits per heavy atom. The third kappa shape index (κ3) is 4.38. The number of halogens is 1. The van der Waals surface area contributed by atoms with Gasteiger partial charge in [0.05, 0.1) is 16.6 Å². The third-order valence-electron chi connectivity index (χ3n) is 3.95. The molecule has 0 aliphatic carbocycles. The number of hydrogen-bond donors (Lipinski definition) is 3. The second-order valence-corrected chi connectivity index (χ2v) is 7.99. The zero-order valence-electron chi connectivity index (χ0n) is 13.7. The van der Waals surface area contributed by atoms with Crippen molar-refractivity contribution in [2.45, 2.75) is 37.6 Å². The number of hydrogen-bond acceptors (Lipinski definition) is 5. The molecule has 1 aromatic rings. The van der Waals surface area contributed by atoms with Crippen molar-refractivity contribution in [1.29, 1.82) is 0 Å². The number of benzene rings is 1. The number of carbonyl (C=O) groups excluding carboxylic acids is 1. The van der Waals surface area contributed by atoms with E-state index in [4.69, 9.17) is 5.73 Å². The van der Waals surface area contributed by atoms with Crippen molar-refractivity contribution in [1.82, 2.24) is 4.31 Å². The van der Waals surface area contributed by atoms with E-state index in [1.807, 2.05) is 0 Å². The van der Waals surface area contributed by atoms with Crippen molar-refractivity contribution >= 4 is 34.0 Å². The first kappa shape index (κ1) is 20.7. The molecule has 0 radical (unpaired) electrons. The van der Waals surface area contributed by atoms with Gasteiger partial charge in [0.15, 0.2) is 0 Å². The van der Waals surface area contributed by atoms with Gasteiger partial charge in [-0.3, -0.25) is 4.79 Å². The maximum absolute atomic E-state index is 12.5. The zero-order valence-corrected chi connectivity index (χ0v) is 15.4. The Bertz CT molecular complexity index is 688. The number of sulfonamides is 1. The van der Waals surface area contributed by atoms with Crippen LogP contribution in [0.3, 0.4) is 0 Å². The van der Waals surface area contributed by atoms with Gasteiger partial charge in [-0.15, -0.1) is 12.4 Å². The van der Waals surface area contributed by atoms with E-state index in [1.54, 1.807) is 13.8 Å². The van der Waals surface area contributed by atoms with Crippen molar-refractivity contribution < 1.29 is 18.3 Å². The van der Waals surface area contributed by atoms with Crippen molar-refractivity contribution in [2.24, 2.45) is 11.7 Å². The van der Waals surface area contributed by atoms with Gasteiger partial charge in [0.2, 0.25) is 15.9 Å². The molecule has 1 saturated heterocycles. The highest BCUT2D eigenvalue weighted by Gasteiger charge is 2.28. The van der Waals surface area contributed by atoms with Crippen LogP contribution < -0.4 is 11.1 Å². The highest BCUT2D eigenvalue weighted by molar-refractivity contribution is 7.89. The molecule has 1 amide bonds. The number of phenolic OH excluding ortho intramolecular Hbond substituents is 1. The van der Waals surface area contributed by atoms with Gasteiger partial charge in [-0.2, -0.15) is 4.31 Å². The summed E-state index contributed by atoms with van der Waals surface area (Å²) in [7, 11) is -3.61. The lowest BCUT2D eigenvalue weighted by Crippen LogP contribution is -2.39. The molecule has 1 aromatic carbocycles. The summed E-state index contributed by atoms with van der Waals surface area (Å²) in [6.07, 6.45) is 1.67. The Labute approximate surface area is 148 Å². The summed E-state index contributed by atoms with van der Waals surface area (Å²) in [6, 6.07) is 3.13. The largest absolute Gasteiger partial charge is 0.506 e. The second kappa shape index (κ2) is 8.15. The summed E-state index contributed by atoms with van der Waals surface area (Å²) < 4.78 is 26.5. The van der Waals surface area contributed by atoms with Crippen molar-refractivity contribution in [3.63, 3.8) is 0 Å². The van der Waals surface area contributed by atoms with Crippen LogP contribution in [-0.4, -0.2) is 42.9 Å². The molecule has 7 nitrogen and oxygen atoms in total. The first-order valence-corrected chi connectivity index (χ1v) is 9.07. The lowest BCUT2D eigenvalue weighted by Gasteiger charge is -2.18. The van der Waals surface area contributed by atoms with Crippen LogP contribution in [0.25, 0.3) is 0 Å². The summed E-state index contributed by atoms with van der Waals surface area (Å²) >= 11 is 0. The Morgan fingerprint density at radius 3 is 2.42 bits per heavy atom. The first-order valence-electron chi connectivity index (χ1n) is 7.63. The standard InChI is InChI=1S/C15H23N3O4S.ClH/c1-10(2)14(16)15(20)17-12-9-11(5-6-13(12)19)23(21,22)18-7-3-4-8-18;/h5-6,9-10,14,19H,3-4,7-8,16H2,1-2H3,(H,17,20);1H. The average Bonchev–Trinajstić information content (AvgIpc) is 3.03. The maximum Gasteiger partial charge on any atom is 0.243 e. The van der Waals surface area contributed by atoms with Crippen LogP contribution in [0.5, 0.6) is 5.75 Å². The molecule has 24 heavy (non-hydrogen) atoms. The fourth-order valence-corrected chi connectivity index (χ4v) is 3.92. The normalized spacial score (nSPS) is 16.7. The number of nitrogens with one attached hydrogen (secondary N) is 1. The van der Waals surface area contributed by atoms with Gasteiger partial charge >= 0.3 is 0 Å². The first-order chi connectivity index (χ1) is 10.7. The van der Waals surface area contributed by atoms with Crippen LogP contribution in [0.4, 0.5) is 5.69 Å². The van der Waals surface area contributed by atoms with E-state index in [0.29, 0.717) is 13.1 Å². The van der Waals surface area contributed by atoms with Gasteiger partial charge in [0, 0.05) is 13.1 Å². The van der Waals surface area contributed by atoms with Crippen LogP contribution in [0.1, 0.15) is 26.7 Å². The van der Waals surface area contributed by atoms with Crippen LogP contribution >= 0.6 is 12.4 Å². The predicted molar refractivity (Wildman–Crippen MR) is 94.8 cm³/mol. The smallest absolute Gasteiger partial charge is 0.243 e. The molecular weight excluding hydrogens is 354 g/mol. The molecule has 1 atom stereocenters. The van der Waals surface area contributed by atoms with Gasteiger partial charge in [-0.25, -0.2) is 8.42 Å². The fourth-order valence-electron chi connectivity index (χ4n) is 2.37. The molecule has 1 aliphatic rings. The van der Waals surface area contributed by atoms with Gasteiger partial charge in [-0.05, 0) is 37.0 Å². The minimum atomic E-state index is -3.61. The molecule has 1 aliphatic heterocycles. The van der Waals surface area contributed by atoms with Gasteiger partial charge in [0.1, 0.15) is 5.75 Å². The Balaban J connectivity index is 0.00000288. The van der Waals surface area contributed by atoms with E-state index in [-0.39, 0.29) is 34.7 Å². The summed E-state index contributed by atoms with van der Waals surface area (Å²) in [4.78, 5) is 12.1. The summed E-state index contributed by atoms with van der Waals surface area (Å²) in [5.41, 5.74) is 5.81. The van der Waals surface area contributed by atoms with Gasteiger partial charge in [-0.1, -0.05) is 13.8 Å². The molecule has 0 bridgehead atoms. The molecule has 0 aromatic heterocycles. The number of phenols is 1. The fraction of sp³-hybridized carbons (Fsp3) is 0.533. The third-order valence-corrected chi connectivity index (χ3v) is 5.84. The predicted octanol–water partition coefficient (Wildman–Crippen LogP) is 1.52. The zero-order chi connectivity index (χ0) is 17.2. The molecule has 136 valence electrons. The number of amides is 1. The molecule has 0 saturated carbocycles. The van der Waals surface area contributed by atoms with E-state index in [2.05, 4.69) is 5.32 Å². The lowest BCUT2D eigenvalue weighted by atomic mass is 10.0. The van der Waals surface area contributed by atoms with Crippen molar-refractivity contribution in [3.05, 3.63) is 18.2 Å². The Morgan fingerprint density at radius 1 is 1.29 bits per heavy atom. The molecule has 9 heteroatoms. The van der Waals surface area contributed by atoms with E-state index in [0.717, 1.165) is 12.8 Å². The summed E-state index contributed by atoms with van der Waals surface area (Å²) in [6.45, 7) is 4.59. The quantitative estimate of drug-likeness (QED) is 0.673. The summed E-state index contributed by atoms with van der Waals surface area (Å²) in [5, 5.41) is 12.4. The van der Waals surface area contributed by atoms with E-state index >= 15 is 0 Å². The number of rotatable bonds is 5. The lowest BCUT2D eigenvalue weighted by molar-refractivity contribution is -0.118. The van der Waals surface area contributed by atoms with Crippen molar-refractivity contribution in [3.8, 4) is 5.75 Å². The Kier molecular flexibility index (Phi) is 7.03. The number of anilines is 1. The van der Waals surface area contributed by atoms with Crippen LogP contribution in [0.2, 0.25) is 0 Å². The van der Waals surface area contributed by atoms with Gasteiger partial charge < -0.3 is 16.2 Å². The van der Waals surface area contributed by atoms with Crippen LogP contribution in [0, 0.1) is 5.92 Å². The molecule has 1 heterocycles. The molecule has 4 N–H and O–H groups in total. The van der Waals surface area contributed by atoms with E-state index in [1.165, 1.54) is 22.5 Å². The molecule has 1 unspecified atom stereocenters. The molecule has 2 rings (SSSR count). The molecule has 0 spiro atoms. The van der Waals surface area contributed by atoms with E-state index < -0.39 is 22.0 Å². The number of nitrogens with zero attached hydrogens (tertiary/aromatic N) is 1. The SMILES string of the molecule is CC(C)C(N)C(=O)Nc1cc(S(=O)(=O)N2CCCC2)ccc1O.Cl. The Hall–Kier alpha value is -1.35. The summed E-state index contributed by atoms with van der Waals surface area (Å²) in [5.74, 6) is -0.741. The maximum atomic E-state index is 12.5. The highest BCUT2D eigenvalue weighted by Crippen LogP contribution is 2.29. The number of carbonyl (C=O) groups is 1. The second-order valence-electron chi connectivity index (χ2n) is 6.05. The van der Waals surface area contributed by atoms with Crippen LogP contribution in [0.15, 0.2) is 23.1 Å². The molecule has 1 fully saturated rings. The topological polar surface area (TPSA) is 113 Å². The molecular formula is C15H24ClN3O4S. The van der Waals surface area contributed by atoms with Crippen LogP contribution in [-0.2, 0) is 14.8 Å².